The van der Waals surface area contributed by atoms with Crippen LogP contribution in [0.1, 0.15) is 6.42 Å². The predicted octanol–water partition coefficient (Wildman–Crippen LogP) is -0.0746. The van der Waals surface area contributed by atoms with E-state index in [1.807, 2.05) is 0 Å². The van der Waals surface area contributed by atoms with Crippen molar-refractivity contribution in [1.29, 1.82) is 0 Å². The second-order valence-electron chi connectivity index (χ2n) is 2.97. The van der Waals surface area contributed by atoms with Gasteiger partial charge in [-0.15, -0.1) is 0 Å². The third kappa shape index (κ3) is 4.97. The van der Waals surface area contributed by atoms with Crippen LogP contribution >= 0.6 is 0 Å². The molecule has 0 radical (unpaired) electrons. The molecule has 3 N–H and O–H groups in total. The summed E-state index contributed by atoms with van der Waals surface area (Å²) in [6, 6.07) is 3.50. The van der Waals surface area contributed by atoms with Gasteiger partial charge in [0, 0.05) is 12.7 Å². The van der Waals surface area contributed by atoms with Gasteiger partial charge in [-0.2, -0.15) is 0 Å². The Morgan fingerprint density at radius 3 is 3.13 bits per heavy atom. The van der Waals surface area contributed by atoms with Crippen molar-refractivity contribution in [3.8, 4) is 5.75 Å². The molecule has 0 fully saturated rings. The molecule has 0 aliphatic carbocycles. The summed E-state index contributed by atoms with van der Waals surface area (Å²) in [6.07, 6.45) is 3.99. The van der Waals surface area contributed by atoms with Crippen LogP contribution in [0, 0.1) is 0 Å². The molecule has 1 amide bonds. The summed E-state index contributed by atoms with van der Waals surface area (Å²) in [5.41, 5.74) is 5.29. The quantitative estimate of drug-likeness (QED) is 0.643. The van der Waals surface area contributed by atoms with Gasteiger partial charge < -0.3 is 15.8 Å². The number of carbonyl (C=O) groups is 1. The summed E-state index contributed by atoms with van der Waals surface area (Å²) >= 11 is 0. The van der Waals surface area contributed by atoms with Gasteiger partial charge in [0.1, 0.15) is 5.75 Å². The van der Waals surface area contributed by atoms with Crippen LogP contribution in [0.25, 0.3) is 0 Å². The molecular weight excluding hydrogens is 194 g/mol. The van der Waals surface area contributed by atoms with Gasteiger partial charge in [0.05, 0.1) is 6.20 Å². The second kappa shape index (κ2) is 6.78. The van der Waals surface area contributed by atoms with Crippen molar-refractivity contribution < 1.29 is 9.53 Å². The highest BCUT2D eigenvalue weighted by molar-refractivity contribution is 5.77. The van der Waals surface area contributed by atoms with Crippen molar-refractivity contribution >= 4 is 5.91 Å². The van der Waals surface area contributed by atoms with E-state index >= 15 is 0 Å². The van der Waals surface area contributed by atoms with Gasteiger partial charge >= 0.3 is 0 Å². The number of hydrogen-bond donors (Lipinski definition) is 2. The molecule has 0 unspecified atom stereocenters. The lowest BCUT2D eigenvalue weighted by Gasteiger charge is -2.06. The van der Waals surface area contributed by atoms with E-state index in [0.717, 1.165) is 6.42 Å². The summed E-state index contributed by atoms with van der Waals surface area (Å²) < 4.78 is 5.19. The lowest BCUT2D eigenvalue weighted by molar-refractivity contribution is -0.123. The molecule has 5 heteroatoms. The Labute approximate surface area is 88.6 Å². The first-order valence-electron chi connectivity index (χ1n) is 4.82. The van der Waals surface area contributed by atoms with Crippen molar-refractivity contribution in [2.75, 3.05) is 19.7 Å². The number of nitrogens with two attached hydrogens (primary N) is 1. The maximum atomic E-state index is 11.2. The maximum Gasteiger partial charge on any atom is 0.257 e. The van der Waals surface area contributed by atoms with Crippen molar-refractivity contribution in [3.63, 3.8) is 0 Å². The lowest BCUT2D eigenvalue weighted by atomic mass is 10.4. The molecule has 1 aromatic heterocycles. The minimum absolute atomic E-state index is 0.0102. The average molecular weight is 209 g/mol. The molecular formula is C10H15N3O2. The third-order valence-electron chi connectivity index (χ3n) is 1.71. The molecule has 0 spiro atoms. The molecule has 1 rings (SSSR count). The van der Waals surface area contributed by atoms with Crippen LogP contribution in [0.2, 0.25) is 0 Å². The molecule has 0 aliphatic rings. The van der Waals surface area contributed by atoms with E-state index < -0.39 is 0 Å². The summed E-state index contributed by atoms with van der Waals surface area (Å²) in [6.45, 7) is 1.17. The van der Waals surface area contributed by atoms with E-state index in [4.69, 9.17) is 10.5 Å². The number of pyridine rings is 1. The molecule has 82 valence electrons. The number of hydrogen-bond acceptors (Lipinski definition) is 4. The van der Waals surface area contributed by atoms with Crippen LogP contribution in [0.4, 0.5) is 0 Å². The largest absolute Gasteiger partial charge is 0.482 e. The zero-order valence-electron chi connectivity index (χ0n) is 8.48. The minimum atomic E-state index is -0.146. The number of ether oxygens (including phenoxy) is 1. The molecule has 5 nitrogen and oxygen atoms in total. The highest BCUT2D eigenvalue weighted by Gasteiger charge is 2.00. The van der Waals surface area contributed by atoms with Crippen LogP contribution in [0.5, 0.6) is 5.75 Å². The predicted molar refractivity (Wildman–Crippen MR) is 56.4 cm³/mol. The Morgan fingerprint density at radius 1 is 1.60 bits per heavy atom. The lowest BCUT2D eigenvalue weighted by Crippen LogP contribution is -2.30. The zero-order chi connectivity index (χ0) is 10.9. The van der Waals surface area contributed by atoms with Gasteiger partial charge in [-0.25, -0.2) is 0 Å². The molecule has 0 atom stereocenters. The van der Waals surface area contributed by atoms with E-state index in [1.165, 1.54) is 0 Å². The van der Waals surface area contributed by atoms with Crippen LogP contribution in [0.15, 0.2) is 24.5 Å². The molecule has 0 saturated heterocycles. The van der Waals surface area contributed by atoms with Gasteiger partial charge in [-0.1, -0.05) is 0 Å². The normalized spacial score (nSPS) is 9.67. The molecule has 15 heavy (non-hydrogen) atoms. The first kappa shape index (κ1) is 11.5. The number of amides is 1. The number of nitrogens with zero attached hydrogens (tertiary/aromatic N) is 1. The minimum Gasteiger partial charge on any atom is -0.482 e. The fraction of sp³-hybridized carbons (Fsp3) is 0.400. The molecule has 0 bridgehead atoms. The van der Waals surface area contributed by atoms with E-state index in [-0.39, 0.29) is 12.5 Å². The van der Waals surface area contributed by atoms with Gasteiger partial charge in [-0.3, -0.25) is 9.78 Å². The van der Waals surface area contributed by atoms with Gasteiger partial charge in [-0.05, 0) is 25.1 Å². The Hall–Kier alpha value is -1.62. The summed E-state index contributed by atoms with van der Waals surface area (Å²) in [5.74, 6) is 0.443. The molecule has 0 aromatic carbocycles. The Bertz CT molecular complexity index is 290. The van der Waals surface area contributed by atoms with Crippen molar-refractivity contribution in [2.24, 2.45) is 5.73 Å². The Morgan fingerprint density at radius 2 is 2.47 bits per heavy atom. The molecule has 1 heterocycles. The first-order chi connectivity index (χ1) is 7.33. The average Bonchev–Trinajstić information content (AvgIpc) is 2.28. The van der Waals surface area contributed by atoms with E-state index in [0.29, 0.717) is 18.8 Å². The highest BCUT2D eigenvalue weighted by atomic mass is 16.5. The Kier molecular flexibility index (Phi) is 5.18. The summed E-state index contributed by atoms with van der Waals surface area (Å²) in [4.78, 5) is 15.1. The number of carbonyl (C=O) groups excluding carboxylic acids is 1. The van der Waals surface area contributed by atoms with Crippen LogP contribution in [-0.2, 0) is 4.79 Å². The van der Waals surface area contributed by atoms with Crippen molar-refractivity contribution in [1.82, 2.24) is 10.3 Å². The van der Waals surface area contributed by atoms with Gasteiger partial charge in [0.15, 0.2) is 6.61 Å². The number of nitrogens with one attached hydrogen (secondary N) is 1. The van der Waals surface area contributed by atoms with Crippen LogP contribution in [0.3, 0.4) is 0 Å². The summed E-state index contributed by atoms with van der Waals surface area (Å²) in [7, 11) is 0. The summed E-state index contributed by atoms with van der Waals surface area (Å²) in [5, 5.41) is 2.69. The van der Waals surface area contributed by atoms with Gasteiger partial charge in [0.25, 0.3) is 5.91 Å². The SMILES string of the molecule is NCCCNC(=O)COc1cccnc1. The first-order valence-corrected chi connectivity index (χ1v) is 4.82. The van der Waals surface area contributed by atoms with Gasteiger partial charge in [0.2, 0.25) is 0 Å². The zero-order valence-corrected chi connectivity index (χ0v) is 8.48. The molecule has 0 aliphatic heterocycles. The molecule has 0 saturated carbocycles. The van der Waals surface area contributed by atoms with E-state index in [9.17, 15) is 4.79 Å². The fourth-order valence-electron chi connectivity index (χ4n) is 0.962. The van der Waals surface area contributed by atoms with Crippen molar-refractivity contribution in [3.05, 3.63) is 24.5 Å². The second-order valence-corrected chi connectivity index (χ2v) is 2.97. The topological polar surface area (TPSA) is 77.2 Å². The fourth-order valence-corrected chi connectivity index (χ4v) is 0.962. The third-order valence-corrected chi connectivity index (χ3v) is 1.71. The van der Waals surface area contributed by atoms with E-state index in [2.05, 4.69) is 10.3 Å². The standard InChI is InChI=1S/C10H15N3O2/c11-4-2-6-13-10(14)8-15-9-3-1-5-12-7-9/h1,3,5,7H,2,4,6,8,11H2,(H,13,14). The number of rotatable bonds is 6. The Balaban J connectivity index is 2.17. The molecule has 1 aromatic rings. The monoisotopic (exact) mass is 209 g/mol. The van der Waals surface area contributed by atoms with E-state index in [1.54, 1.807) is 24.5 Å². The maximum absolute atomic E-state index is 11.2. The van der Waals surface area contributed by atoms with Crippen LogP contribution in [-0.4, -0.2) is 30.6 Å². The highest BCUT2D eigenvalue weighted by Crippen LogP contribution is 2.04. The number of aromatic nitrogens is 1. The smallest absolute Gasteiger partial charge is 0.257 e. The van der Waals surface area contributed by atoms with Crippen molar-refractivity contribution in [2.45, 2.75) is 6.42 Å². The van der Waals surface area contributed by atoms with Crippen LogP contribution < -0.4 is 15.8 Å².